The first kappa shape index (κ1) is 21.4. The highest BCUT2D eigenvalue weighted by atomic mass is 15.3. The van der Waals surface area contributed by atoms with Crippen molar-refractivity contribution in [2.45, 2.75) is 46.2 Å². The molecule has 2 aromatic rings. The van der Waals surface area contributed by atoms with Gasteiger partial charge in [0.1, 0.15) is 5.82 Å². The number of hydrogen-bond acceptors (Lipinski definition) is 3. The van der Waals surface area contributed by atoms with E-state index < -0.39 is 0 Å². The third-order valence-electron chi connectivity index (χ3n) is 5.58. The molecule has 6 nitrogen and oxygen atoms in total. The molecule has 0 spiro atoms. The number of guanidine groups is 1. The minimum Gasteiger partial charge on any atom is -0.357 e. The molecule has 0 aliphatic carbocycles. The van der Waals surface area contributed by atoms with Crippen LogP contribution in [0.3, 0.4) is 0 Å². The van der Waals surface area contributed by atoms with E-state index in [-0.39, 0.29) is 0 Å². The Bertz CT molecular complexity index is 767. The van der Waals surface area contributed by atoms with E-state index >= 15 is 0 Å². The van der Waals surface area contributed by atoms with Gasteiger partial charge < -0.3 is 20.1 Å². The summed E-state index contributed by atoms with van der Waals surface area (Å²) in [5.41, 5.74) is 2.20. The van der Waals surface area contributed by atoms with Gasteiger partial charge in [-0.3, -0.25) is 4.99 Å². The largest absolute Gasteiger partial charge is 0.357 e. The van der Waals surface area contributed by atoms with Gasteiger partial charge in [0, 0.05) is 32.7 Å². The number of aromatic nitrogens is 2. The van der Waals surface area contributed by atoms with Crippen molar-refractivity contribution in [2.24, 2.45) is 10.9 Å². The summed E-state index contributed by atoms with van der Waals surface area (Å²) in [4.78, 5) is 17.7. The lowest BCUT2D eigenvalue weighted by Crippen LogP contribution is -2.42. The Morgan fingerprint density at radius 3 is 2.86 bits per heavy atom. The number of nitrogens with zero attached hydrogens (tertiary/aromatic N) is 4. The van der Waals surface area contributed by atoms with Crippen molar-refractivity contribution in [3.63, 3.8) is 0 Å². The molecule has 1 aromatic heterocycles. The van der Waals surface area contributed by atoms with Crippen LogP contribution in [-0.4, -0.2) is 65.0 Å². The van der Waals surface area contributed by atoms with E-state index in [0.29, 0.717) is 18.5 Å². The highest BCUT2D eigenvalue weighted by Gasteiger charge is 2.21. The maximum absolute atomic E-state index is 4.96. The van der Waals surface area contributed by atoms with E-state index in [1.807, 2.05) is 24.4 Å². The monoisotopic (exact) mass is 396 g/mol. The van der Waals surface area contributed by atoms with Crippen LogP contribution in [0.25, 0.3) is 11.3 Å². The lowest BCUT2D eigenvalue weighted by atomic mass is 9.97. The van der Waals surface area contributed by atoms with Crippen LogP contribution in [0.4, 0.5) is 0 Å². The summed E-state index contributed by atoms with van der Waals surface area (Å²) >= 11 is 0. The van der Waals surface area contributed by atoms with Gasteiger partial charge in [-0.1, -0.05) is 30.3 Å². The topological polar surface area (TPSA) is 59.6 Å². The Morgan fingerprint density at radius 1 is 1.34 bits per heavy atom. The fourth-order valence-corrected chi connectivity index (χ4v) is 3.91. The van der Waals surface area contributed by atoms with Gasteiger partial charge in [0.2, 0.25) is 0 Å². The first-order valence-electron chi connectivity index (χ1n) is 10.9. The molecule has 158 valence electrons. The van der Waals surface area contributed by atoms with Crippen LogP contribution in [0.5, 0.6) is 0 Å². The third kappa shape index (κ3) is 6.07. The van der Waals surface area contributed by atoms with Gasteiger partial charge in [-0.25, -0.2) is 4.98 Å². The Labute approximate surface area is 175 Å². The van der Waals surface area contributed by atoms with Gasteiger partial charge >= 0.3 is 0 Å². The second-order valence-corrected chi connectivity index (χ2v) is 8.26. The second-order valence-electron chi connectivity index (χ2n) is 8.26. The van der Waals surface area contributed by atoms with Crippen molar-refractivity contribution >= 4 is 5.96 Å². The molecule has 0 amide bonds. The molecule has 1 aromatic carbocycles. The summed E-state index contributed by atoms with van der Waals surface area (Å²) in [6.07, 6.45) is 4.46. The average molecular weight is 397 g/mol. The van der Waals surface area contributed by atoms with Crippen molar-refractivity contribution < 1.29 is 0 Å². The van der Waals surface area contributed by atoms with Gasteiger partial charge in [0.15, 0.2) is 5.96 Å². The molecule has 2 heterocycles. The molecule has 1 unspecified atom stereocenters. The number of aromatic amines is 1. The summed E-state index contributed by atoms with van der Waals surface area (Å²) in [6, 6.07) is 10.9. The number of piperidine rings is 1. The summed E-state index contributed by atoms with van der Waals surface area (Å²) < 4.78 is 0. The summed E-state index contributed by atoms with van der Waals surface area (Å²) in [7, 11) is 2.08. The predicted octanol–water partition coefficient (Wildman–Crippen LogP) is 3.59. The molecule has 1 atom stereocenters. The minimum atomic E-state index is 0.621. The molecule has 0 saturated carbocycles. The van der Waals surface area contributed by atoms with Crippen molar-refractivity contribution in [1.29, 1.82) is 0 Å². The zero-order valence-electron chi connectivity index (χ0n) is 18.4. The Kier molecular flexibility index (Phi) is 7.69. The van der Waals surface area contributed by atoms with Crippen LogP contribution in [0.1, 0.15) is 39.4 Å². The van der Waals surface area contributed by atoms with Gasteiger partial charge in [-0.15, -0.1) is 0 Å². The molecular weight excluding hydrogens is 360 g/mol. The summed E-state index contributed by atoms with van der Waals surface area (Å²) in [5.74, 6) is 2.54. The molecular formula is C23H36N6. The molecule has 1 aliphatic rings. The molecule has 0 bridgehead atoms. The Balaban J connectivity index is 1.61. The number of hydrogen-bond donors (Lipinski definition) is 2. The molecule has 1 saturated heterocycles. The van der Waals surface area contributed by atoms with Crippen LogP contribution in [0.15, 0.2) is 41.5 Å². The Morgan fingerprint density at radius 2 is 2.14 bits per heavy atom. The zero-order valence-corrected chi connectivity index (χ0v) is 18.4. The van der Waals surface area contributed by atoms with E-state index in [1.165, 1.54) is 19.4 Å². The Hall–Kier alpha value is -2.34. The first-order valence-corrected chi connectivity index (χ1v) is 10.9. The maximum atomic E-state index is 4.96. The van der Waals surface area contributed by atoms with Crippen LogP contribution >= 0.6 is 0 Å². The van der Waals surface area contributed by atoms with Gasteiger partial charge in [0.25, 0.3) is 0 Å². The number of likely N-dealkylation sites (tertiary alicyclic amines) is 1. The average Bonchev–Trinajstić information content (AvgIpc) is 3.20. The van der Waals surface area contributed by atoms with E-state index in [1.54, 1.807) is 0 Å². The summed E-state index contributed by atoms with van der Waals surface area (Å²) in [5, 5.41) is 3.44. The lowest BCUT2D eigenvalue weighted by molar-refractivity contribution is 0.143. The summed E-state index contributed by atoms with van der Waals surface area (Å²) in [6.45, 7) is 11.5. The number of benzene rings is 1. The first-order chi connectivity index (χ1) is 14.1. The number of rotatable bonds is 7. The highest BCUT2D eigenvalue weighted by Crippen LogP contribution is 2.19. The third-order valence-corrected chi connectivity index (χ3v) is 5.58. The molecule has 1 fully saturated rings. The van der Waals surface area contributed by atoms with E-state index in [0.717, 1.165) is 42.7 Å². The number of aliphatic imine (C=N–C) groups is 1. The number of nitrogens with one attached hydrogen (secondary N) is 2. The second kappa shape index (κ2) is 10.4. The smallest absolute Gasteiger partial charge is 0.194 e. The van der Waals surface area contributed by atoms with Crippen LogP contribution < -0.4 is 5.32 Å². The molecule has 3 rings (SSSR count). The van der Waals surface area contributed by atoms with Gasteiger partial charge in [0.05, 0.1) is 18.4 Å². The number of H-pyrrole nitrogens is 1. The van der Waals surface area contributed by atoms with Crippen molar-refractivity contribution in [3.8, 4) is 11.3 Å². The fraction of sp³-hybridized carbons (Fsp3) is 0.565. The van der Waals surface area contributed by atoms with E-state index in [4.69, 9.17) is 4.99 Å². The van der Waals surface area contributed by atoms with Crippen molar-refractivity contribution in [3.05, 3.63) is 42.4 Å². The van der Waals surface area contributed by atoms with Gasteiger partial charge in [-0.2, -0.15) is 0 Å². The predicted molar refractivity (Wildman–Crippen MR) is 121 cm³/mol. The normalized spacial score (nSPS) is 18.2. The minimum absolute atomic E-state index is 0.621. The SMILES string of the molecule is CCNC(=NCC1CCCN(C(C)C)C1)N(C)Cc1ncc(-c2ccccc2)[nH]1. The molecule has 1 aliphatic heterocycles. The van der Waals surface area contributed by atoms with Crippen molar-refractivity contribution in [1.82, 2.24) is 25.1 Å². The molecule has 6 heteroatoms. The van der Waals surface area contributed by atoms with Crippen LogP contribution in [0, 0.1) is 5.92 Å². The molecule has 0 radical (unpaired) electrons. The van der Waals surface area contributed by atoms with Crippen LogP contribution in [-0.2, 0) is 6.54 Å². The van der Waals surface area contributed by atoms with Gasteiger partial charge in [-0.05, 0) is 51.6 Å². The lowest BCUT2D eigenvalue weighted by Gasteiger charge is -2.35. The fourth-order valence-electron chi connectivity index (χ4n) is 3.91. The zero-order chi connectivity index (χ0) is 20.6. The maximum Gasteiger partial charge on any atom is 0.194 e. The van der Waals surface area contributed by atoms with E-state index in [2.05, 4.69) is 65.0 Å². The quantitative estimate of drug-likeness (QED) is 0.555. The number of imidazole rings is 1. The van der Waals surface area contributed by atoms with Crippen molar-refractivity contribution in [2.75, 3.05) is 33.2 Å². The standard InChI is InChI=1S/C23H36N6/c1-5-24-23(26-14-19-10-9-13-29(16-19)18(2)3)28(4)17-22-25-15-21(27-22)20-11-7-6-8-12-20/h6-8,11-12,15,18-19H,5,9-10,13-14,16-17H2,1-4H3,(H,24,26)(H,25,27). The highest BCUT2D eigenvalue weighted by molar-refractivity contribution is 5.79. The van der Waals surface area contributed by atoms with E-state index in [9.17, 15) is 0 Å². The molecule has 29 heavy (non-hydrogen) atoms. The molecule has 2 N–H and O–H groups in total. The van der Waals surface area contributed by atoms with Crippen LogP contribution in [0.2, 0.25) is 0 Å².